The Morgan fingerprint density at radius 2 is 2.09 bits per heavy atom. The molecule has 0 radical (unpaired) electrons. The van der Waals surface area contributed by atoms with E-state index in [-0.39, 0.29) is 7.43 Å². The van der Waals surface area contributed by atoms with Crippen LogP contribution in [0.1, 0.15) is 31.3 Å². The largest absolute Gasteiger partial charge is 0.330 e. The zero-order valence-corrected chi connectivity index (χ0v) is 19.2. The lowest BCUT2D eigenvalue weighted by Crippen LogP contribution is -2.19. The van der Waals surface area contributed by atoms with Crippen molar-refractivity contribution in [3.8, 4) is 0 Å². The van der Waals surface area contributed by atoms with E-state index >= 15 is 0 Å². The van der Waals surface area contributed by atoms with Gasteiger partial charge in [-0.1, -0.05) is 39.1 Å². The lowest BCUT2D eigenvalue weighted by atomic mass is 10.2. The maximum Gasteiger partial charge on any atom is 0.151 e. The minimum atomic E-state index is 0. The lowest BCUT2D eigenvalue weighted by molar-refractivity contribution is -0.0979. The molecule has 3 heterocycles. The summed E-state index contributed by atoms with van der Waals surface area (Å²) >= 11 is 1.57. The quantitative estimate of drug-likeness (QED) is 0.383. The number of aryl methyl sites for hydroxylation is 2. The minimum Gasteiger partial charge on any atom is -0.330 e. The van der Waals surface area contributed by atoms with Crippen LogP contribution in [0.2, 0.25) is 0 Å². The van der Waals surface area contributed by atoms with Gasteiger partial charge in [0.15, 0.2) is 5.65 Å². The van der Waals surface area contributed by atoms with Crippen molar-refractivity contribution >= 4 is 40.9 Å². The van der Waals surface area contributed by atoms with E-state index in [1.807, 2.05) is 60.6 Å². The van der Waals surface area contributed by atoms with E-state index < -0.39 is 0 Å². The molecule has 0 fully saturated rings. The summed E-state index contributed by atoms with van der Waals surface area (Å²) in [5.74, 6) is 0. The summed E-state index contributed by atoms with van der Waals surface area (Å²) in [4.78, 5) is 20.5. The van der Waals surface area contributed by atoms with E-state index in [9.17, 15) is 0 Å². The van der Waals surface area contributed by atoms with Gasteiger partial charge in [0.2, 0.25) is 0 Å². The number of carbonyl (C=O) groups is 1. The molecule has 172 valence electrons. The van der Waals surface area contributed by atoms with Crippen molar-refractivity contribution in [1.82, 2.24) is 19.9 Å². The van der Waals surface area contributed by atoms with E-state index in [0.717, 1.165) is 39.3 Å². The second kappa shape index (κ2) is 16.5. The van der Waals surface area contributed by atoms with Crippen molar-refractivity contribution in [2.75, 3.05) is 13.6 Å². The van der Waals surface area contributed by atoms with Crippen molar-refractivity contribution in [3.63, 3.8) is 0 Å². The highest BCUT2D eigenvalue weighted by Gasteiger charge is 2.15. The molecule has 0 amide bonds. The molecule has 8 heteroatoms. The van der Waals surface area contributed by atoms with Gasteiger partial charge in [-0.25, -0.2) is 4.98 Å². The normalized spacial score (nSPS) is 10.5. The number of carbonyl (C=O) groups excluding carboxylic acids is 1. The number of allylic oxidation sites excluding steroid dienone is 2. The molecule has 7 nitrogen and oxygen atoms in total. The third-order valence-corrected chi connectivity index (χ3v) is 5.16. The van der Waals surface area contributed by atoms with Crippen LogP contribution >= 0.6 is 11.3 Å². The summed E-state index contributed by atoms with van der Waals surface area (Å²) in [6.07, 6.45) is 9.76. The Kier molecular flexibility index (Phi) is 14.8. The van der Waals surface area contributed by atoms with Crippen molar-refractivity contribution < 1.29 is 4.79 Å². The summed E-state index contributed by atoms with van der Waals surface area (Å²) in [7, 11) is 3.74. The molecule has 3 rings (SSSR count). The van der Waals surface area contributed by atoms with E-state index in [0.29, 0.717) is 13.1 Å². The number of hydrogen-bond acceptors (Lipinski definition) is 7. The fraction of sp³-hybridized carbons (Fsp3) is 0.292. The lowest BCUT2D eigenvalue weighted by Gasteiger charge is -2.08. The number of rotatable bonds is 8. The average molecular weight is 455 g/mol. The predicted molar refractivity (Wildman–Crippen MR) is 138 cm³/mol. The van der Waals surface area contributed by atoms with E-state index in [2.05, 4.69) is 33.8 Å². The van der Waals surface area contributed by atoms with Crippen LogP contribution in [-0.2, 0) is 24.8 Å². The summed E-state index contributed by atoms with van der Waals surface area (Å²) in [5, 5.41) is 11.0. The summed E-state index contributed by atoms with van der Waals surface area (Å²) in [5.41, 5.74) is 7.00. The molecule has 0 bridgehead atoms. The van der Waals surface area contributed by atoms with E-state index in [1.54, 1.807) is 24.5 Å². The number of hydrogen-bond donors (Lipinski definition) is 2. The molecule has 0 aliphatic carbocycles. The molecule has 0 aromatic carbocycles. The number of pyridine rings is 1. The van der Waals surface area contributed by atoms with Gasteiger partial charge in [-0.3, -0.25) is 9.98 Å². The van der Waals surface area contributed by atoms with Gasteiger partial charge in [-0.05, 0) is 24.1 Å². The molecular weight excluding hydrogens is 420 g/mol. The topological polar surface area (TPSA) is 96.0 Å². The van der Waals surface area contributed by atoms with Crippen LogP contribution in [0, 0.1) is 5.41 Å². The highest BCUT2D eigenvalue weighted by Crippen LogP contribution is 2.26. The van der Waals surface area contributed by atoms with Crippen LogP contribution in [0.4, 0.5) is 0 Å². The zero-order valence-electron chi connectivity index (χ0n) is 18.3. The minimum absolute atomic E-state index is 0. The first-order valence-corrected chi connectivity index (χ1v) is 10.6. The van der Waals surface area contributed by atoms with Crippen molar-refractivity contribution in [2.45, 2.75) is 27.3 Å². The Morgan fingerprint density at radius 1 is 1.34 bits per heavy atom. The molecule has 0 atom stereocenters. The van der Waals surface area contributed by atoms with Gasteiger partial charge in [-0.15, -0.1) is 11.3 Å². The molecule has 0 unspecified atom stereocenters. The van der Waals surface area contributed by atoms with Crippen molar-refractivity contribution in [3.05, 3.63) is 71.2 Å². The van der Waals surface area contributed by atoms with Gasteiger partial charge in [0.05, 0.1) is 10.2 Å². The summed E-state index contributed by atoms with van der Waals surface area (Å²) in [6.45, 7) is 9.18. The number of aromatic nitrogens is 3. The second-order valence-corrected chi connectivity index (χ2v) is 7.07. The first kappa shape index (κ1) is 28.8. The molecule has 0 saturated heterocycles. The standard InChI is InChI=1S/C15H19N5S.C7H9N.CH2O.CH4/c1-4-5-11(7-17-2)8-18-9-13-12(6-16)14-15(20(13)3)19-10-21-14;1-2-7-5-3-4-6-8-7;1-2;/h4-7,10,16,18H,1,8-9H2,2-3H3;3-6H,2H2,1H3;1H2;1H4/b11-5+,16-6?,17-7?;;;. The predicted octanol–water partition coefficient (Wildman–Crippen LogP) is 4.63. The average Bonchev–Trinajstić information content (AvgIpc) is 3.39. The fourth-order valence-corrected chi connectivity index (χ4v) is 3.72. The molecule has 3 aromatic rings. The molecule has 0 saturated carbocycles. The maximum absolute atomic E-state index is 8.00. The third kappa shape index (κ3) is 8.13. The SMILES string of the molecule is C.C=C/C=C(\C=NC)CNCc1c(C=N)c2scnc2n1C.C=O.CCc1ccccn1. The molecule has 0 aliphatic heterocycles. The molecule has 0 spiro atoms. The third-order valence-electron chi connectivity index (χ3n) is 4.31. The smallest absolute Gasteiger partial charge is 0.151 e. The Hall–Kier alpha value is -3.23. The van der Waals surface area contributed by atoms with Gasteiger partial charge in [-0.2, -0.15) is 0 Å². The maximum atomic E-state index is 8.00. The van der Waals surface area contributed by atoms with Gasteiger partial charge in [0.25, 0.3) is 0 Å². The molecule has 2 N–H and O–H groups in total. The first-order chi connectivity index (χ1) is 15.2. The summed E-state index contributed by atoms with van der Waals surface area (Å²) in [6, 6.07) is 5.96. The van der Waals surface area contributed by atoms with Crippen molar-refractivity contribution in [2.24, 2.45) is 12.0 Å². The number of nitrogens with one attached hydrogen (secondary N) is 2. The molecule has 3 aromatic heterocycles. The Morgan fingerprint density at radius 3 is 2.62 bits per heavy atom. The van der Waals surface area contributed by atoms with Crippen LogP contribution < -0.4 is 5.32 Å². The monoisotopic (exact) mass is 454 g/mol. The van der Waals surface area contributed by atoms with E-state index in [4.69, 9.17) is 10.2 Å². The number of aliphatic imine (C=N–C) groups is 1. The fourth-order valence-electron chi connectivity index (χ4n) is 2.86. The number of nitrogens with zero attached hydrogens (tertiary/aromatic N) is 4. The van der Waals surface area contributed by atoms with Gasteiger partial charge in [0, 0.05) is 62.8 Å². The molecule has 0 aliphatic rings. The van der Waals surface area contributed by atoms with Crippen LogP contribution in [-0.4, -0.2) is 47.3 Å². The van der Waals surface area contributed by atoms with Gasteiger partial charge in [0.1, 0.15) is 6.79 Å². The van der Waals surface area contributed by atoms with Gasteiger partial charge >= 0.3 is 0 Å². The summed E-state index contributed by atoms with van der Waals surface area (Å²) < 4.78 is 3.12. The second-order valence-electron chi connectivity index (χ2n) is 6.21. The number of thiazole rings is 1. The highest BCUT2D eigenvalue weighted by atomic mass is 32.1. The van der Waals surface area contributed by atoms with Crippen LogP contribution in [0.15, 0.2) is 59.2 Å². The highest BCUT2D eigenvalue weighted by molar-refractivity contribution is 7.17. The Labute approximate surface area is 195 Å². The Bertz CT molecular complexity index is 1000. The van der Waals surface area contributed by atoms with Crippen LogP contribution in [0.25, 0.3) is 10.3 Å². The van der Waals surface area contributed by atoms with E-state index in [1.165, 1.54) is 6.21 Å². The molecular formula is C24H34N6OS. The van der Waals surface area contributed by atoms with Gasteiger partial charge < -0.3 is 20.1 Å². The Balaban J connectivity index is 0.000000734. The van der Waals surface area contributed by atoms with Crippen LogP contribution in [0.5, 0.6) is 0 Å². The zero-order chi connectivity index (χ0) is 23.1. The van der Waals surface area contributed by atoms with Crippen molar-refractivity contribution in [1.29, 1.82) is 5.41 Å². The first-order valence-electron chi connectivity index (χ1n) is 9.70. The number of fused-ring (bicyclic) bond motifs is 1. The molecule has 32 heavy (non-hydrogen) atoms. The van der Waals surface area contributed by atoms with Crippen LogP contribution in [0.3, 0.4) is 0 Å².